The summed E-state index contributed by atoms with van der Waals surface area (Å²) in [5.41, 5.74) is 6.66. The van der Waals surface area contributed by atoms with Crippen molar-refractivity contribution < 1.29 is 14.1 Å². The molecule has 2 aromatic rings. The SMILES string of the molecule is COCc1cc(C(=O)Nc2cc(Cl)ccc2C(N)=S)no1. The summed E-state index contributed by atoms with van der Waals surface area (Å²) in [6, 6.07) is 6.33. The van der Waals surface area contributed by atoms with E-state index >= 15 is 0 Å². The van der Waals surface area contributed by atoms with E-state index in [0.29, 0.717) is 22.0 Å². The lowest BCUT2D eigenvalue weighted by Gasteiger charge is -2.09. The highest BCUT2D eigenvalue weighted by Gasteiger charge is 2.15. The predicted molar refractivity (Wildman–Crippen MR) is 82.5 cm³/mol. The molecule has 1 heterocycles. The van der Waals surface area contributed by atoms with Gasteiger partial charge in [-0.05, 0) is 18.2 Å². The van der Waals surface area contributed by atoms with Gasteiger partial charge in [0.05, 0.1) is 5.69 Å². The average molecular weight is 326 g/mol. The second-order valence-corrected chi connectivity index (χ2v) is 5.00. The van der Waals surface area contributed by atoms with Gasteiger partial charge in [0, 0.05) is 23.8 Å². The summed E-state index contributed by atoms with van der Waals surface area (Å²) in [7, 11) is 1.52. The highest BCUT2D eigenvalue weighted by Crippen LogP contribution is 2.22. The Hall–Kier alpha value is -1.96. The summed E-state index contributed by atoms with van der Waals surface area (Å²) in [4.78, 5) is 12.3. The number of hydrogen-bond acceptors (Lipinski definition) is 5. The third-order valence-electron chi connectivity index (χ3n) is 2.57. The Labute approximate surface area is 131 Å². The Balaban J connectivity index is 2.22. The van der Waals surface area contributed by atoms with Crippen molar-refractivity contribution in [2.24, 2.45) is 5.73 Å². The molecule has 0 saturated carbocycles. The molecule has 0 aliphatic carbocycles. The number of anilines is 1. The van der Waals surface area contributed by atoms with E-state index in [1.165, 1.54) is 13.2 Å². The number of aromatic nitrogens is 1. The lowest BCUT2D eigenvalue weighted by Crippen LogP contribution is -2.17. The number of amides is 1. The molecule has 6 nitrogen and oxygen atoms in total. The Kier molecular flexibility index (Phi) is 4.89. The van der Waals surface area contributed by atoms with E-state index in [0.717, 1.165) is 0 Å². The Morgan fingerprint density at radius 1 is 1.52 bits per heavy atom. The van der Waals surface area contributed by atoms with E-state index in [-0.39, 0.29) is 17.3 Å². The Morgan fingerprint density at radius 2 is 2.29 bits per heavy atom. The molecule has 0 fully saturated rings. The number of halogens is 1. The van der Waals surface area contributed by atoms with Crippen molar-refractivity contribution in [1.29, 1.82) is 0 Å². The quantitative estimate of drug-likeness (QED) is 0.820. The van der Waals surface area contributed by atoms with Gasteiger partial charge >= 0.3 is 0 Å². The first-order chi connectivity index (χ1) is 10.0. The van der Waals surface area contributed by atoms with Crippen LogP contribution in [0.4, 0.5) is 5.69 Å². The maximum atomic E-state index is 12.1. The fourth-order valence-corrected chi connectivity index (χ4v) is 2.00. The van der Waals surface area contributed by atoms with Crippen LogP contribution < -0.4 is 11.1 Å². The van der Waals surface area contributed by atoms with Gasteiger partial charge in [0.2, 0.25) is 0 Å². The first-order valence-electron chi connectivity index (χ1n) is 5.86. The van der Waals surface area contributed by atoms with E-state index in [1.54, 1.807) is 18.2 Å². The number of rotatable bonds is 5. The van der Waals surface area contributed by atoms with Crippen LogP contribution in [0.3, 0.4) is 0 Å². The molecule has 0 unspecified atom stereocenters. The van der Waals surface area contributed by atoms with Crippen LogP contribution in [-0.4, -0.2) is 23.2 Å². The van der Waals surface area contributed by atoms with Crippen molar-refractivity contribution in [1.82, 2.24) is 5.16 Å². The van der Waals surface area contributed by atoms with Crippen molar-refractivity contribution in [3.8, 4) is 0 Å². The topological polar surface area (TPSA) is 90.4 Å². The summed E-state index contributed by atoms with van der Waals surface area (Å²) in [5, 5.41) is 6.76. The van der Waals surface area contributed by atoms with E-state index in [1.807, 2.05) is 0 Å². The van der Waals surface area contributed by atoms with Crippen LogP contribution in [0.15, 0.2) is 28.8 Å². The number of nitrogens with zero attached hydrogens (tertiary/aromatic N) is 1. The van der Waals surface area contributed by atoms with Crippen LogP contribution in [-0.2, 0) is 11.3 Å². The molecule has 1 aromatic heterocycles. The second-order valence-electron chi connectivity index (χ2n) is 4.12. The molecule has 21 heavy (non-hydrogen) atoms. The first kappa shape index (κ1) is 15.4. The van der Waals surface area contributed by atoms with E-state index < -0.39 is 5.91 Å². The van der Waals surface area contributed by atoms with Crippen molar-refractivity contribution in [3.05, 3.63) is 46.3 Å². The number of nitrogens with two attached hydrogens (primary N) is 1. The minimum Gasteiger partial charge on any atom is -0.389 e. The highest BCUT2D eigenvalue weighted by molar-refractivity contribution is 7.80. The fourth-order valence-electron chi connectivity index (χ4n) is 1.65. The minimum atomic E-state index is -0.458. The van der Waals surface area contributed by atoms with Crippen LogP contribution in [0.1, 0.15) is 21.8 Å². The number of ether oxygens (including phenoxy) is 1. The monoisotopic (exact) mass is 325 g/mol. The summed E-state index contributed by atoms with van der Waals surface area (Å²) in [6.07, 6.45) is 0. The number of carbonyl (C=O) groups is 1. The van der Waals surface area contributed by atoms with Gasteiger partial charge in [-0.3, -0.25) is 4.79 Å². The summed E-state index contributed by atoms with van der Waals surface area (Å²) >= 11 is 10.8. The normalized spacial score (nSPS) is 10.4. The second kappa shape index (κ2) is 6.66. The molecule has 1 amide bonds. The molecule has 0 spiro atoms. The molecule has 0 bridgehead atoms. The lowest BCUT2D eigenvalue weighted by atomic mass is 10.1. The number of hydrogen-bond donors (Lipinski definition) is 2. The Bertz CT molecular complexity index is 687. The lowest BCUT2D eigenvalue weighted by molar-refractivity contribution is 0.101. The third kappa shape index (κ3) is 3.78. The van der Waals surface area contributed by atoms with Crippen molar-refractivity contribution in [2.45, 2.75) is 6.61 Å². The number of thiocarbonyl (C=S) groups is 1. The van der Waals surface area contributed by atoms with Crippen molar-refractivity contribution in [2.75, 3.05) is 12.4 Å². The largest absolute Gasteiger partial charge is 0.389 e. The van der Waals surface area contributed by atoms with Gasteiger partial charge < -0.3 is 20.3 Å². The van der Waals surface area contributed by atoms with Crippen LogP contribution in [0.5, 0.6) is 0 Å². The minimum absolute atomic E-state index is 0.121. The smallest absolute Gasteiger partial charge is 0.277 e. The van der Waals surface area contributed by atoms with Crippen molar-refractivity contribution >= 4 is 40.4 Å². The third-order valence-corrected chi connectivity index (χ3v) is 3.03. The summed E-state index contributed by atoms with van der Waals surface area (Å²) < 4.78 is 9.84. The number of nitrogens with one attached hydrogen (secondary N) is 1. The standard InChI is InChI=1S/C13H12ClN3O3S/c1-19-6-8-5-11(17-20-8)13(18)16-10-4-7(14)2-3-9(10)12(15)21/h2-5H,6H2,1H3,(H2,15,21)(H,16,18). The molecule has 8 heteroatoms. The maximum absolute atomic E-state index is 12.1. The molecule has 0 atom stereocenters. The van der Waals surface area contributed by atoms with Crippen LogP contribution in [0.25, 0.3) is 0 Å². The molecule has 1 aromatic carbocycles. The molecular formula is C13H12ClN3O3S. The molecule has 0 saturated heterocycles. The first-order valence-corrected chi connectivity index (χ1v) is 6.65. The molecule has 3 N–H and O–H groups in total. The number of benzene rings is 1. The van der Waals surface area contributed by atoms with Crippen molar-refractivity contribution in [3.63, 3.8) is 0 Å². The van der Waals surface area contributed by atoms with Crippen LogP contribution in [0.2, 0.25) is 5.02 Å². The molecule has 2 rings (SSSR count). The molecule has 0 aliphatic rings. The number of carbonyl (C=O) groups excluding carboxylic acids is 1. The summed E-state index contributed by atoms with van der Waals surface area (Å²) in [5.74, 6) is -0.0100. The van der Waals surface area contributed by atoms with Gasteiger partial charge in [-0.25, -0.2) is 0 Å². The molecular weight excluding hydrogens is 314 g/mol. The number of methoxy groups -OCH3 is 1. The van der Waals surface area contributed by atoms with E-state index in [4.69, 9.17) is 38.8 Å². The van der Waals surface area contributed by atoms with Gasteiger partial charge in [-0.2, -0.15) is 0 Å². The average Bonchev–Trinajstić information content (AvgIpc) is 2.87. The van der Waals surface area contributed by atoms with Crippen LogP contribution in [0, 0.1) is 0 Å². The van der Waals surface area contributed by atoms with E-state index in [9.17, 15) is 4.79 Å². The van der Waals surface area contributed by atoms with Gasteiger partial charge in [-0.1, -0.05) is 29.0 Å². The zero-order valence-corrected chi connectivity index (χ0v) is 12.6. The Morgan fingerprint density at radius 3 is 2.95 bits per heavy atom. The fraction of sp³-hybridized carbons (Fsp3) is 0.154. The zero-order valence-electron chi connectivity index (χ0n) is 11.1. The molecule has 0 aliphatic heterocycles. The van der Waals surface area contributed by atoms with Gasteiger partial charge in [-0.15, -0.1) is 0 Å². The van der Waals surface area contributed by atoms with Gasteiger partial charge in [0.15, 0.2) is 11.5 Å². The van der Waals surface area contributed by atoms with Gasteiger partial charge in [0.25, 0.3) is 5.91 Å². The van der Waals surface area contributed by atoms with Crippen LogP contribution >= 0.6 is 23.8 Å². The predicted octanol–water partition coefficient (Wildman–Crippen LogP) is 2.36. The highest BCUT2D eigenvalue weighted by atomic mass is 35.5. The molecule has 0 radical (unpaired) electrons. The maximum Gasteiger partial charge on any atom is 0.277 e. The molecule has 110 valence electrons. The summed E-state index contributed by atoms with van der Waals surface area (Å²) in [6.45, 7) is 0.232. The van der Waals surface area contributed by atoms with Gasteiger partial charge in [0.1, 0.15) is 11.6 Å². The zero-order chi connectivity index (χ0) is 15.4. The van der Waals surface area contributed by atoms with E-state index in [2.05, 4.69) is 10.5 Å².